The Labute approximate surface area is 172 Å². The van der Waals surface area contributed by atoms with E-state index in [0.717, 1.165) is 6.54 Å². The molecule has 29 heavy (non-hydrogen) atoms. The summed E-state index contributed by atoms with van der Waals surface area (Å²) in [4.78, 5) is 12.9. The summed E-state index contributed by atoms with van der Waals surface area (Å²) in [6.45, 7) is 3.77. The van der Waals surface area contributed by atoms with Gasteiger partial charge in [-0.05, 0) is 23.7 Å². The van der Waals surface area contributed by atoms with Gasteiger partial charge >= 0.3 is 0 Å². The van der Waals surface area contributed by atoms with Gasteiger partial charge in [0.05, 0.1) is 28.3 Å². The van der Waals surface area contributed by atoms with Crippen LogP contribution in [0.5, 0.6) is 0 Å². The van der Waals surface area contributed by atoms with E-state index in [1.165, 1.54) is 18.2 Å². The molecule has 0 saturated heterocycles. The summed E-state index contributed by atoms with van der Waals surface area (Å²) < 4.78 is 0. The number of halogens is 1. The van der Waals surface area contributed by atoms with E-state index in [4.69, 9.17) is 17.3 Å². The van der Waals surface area contributed by atoms with E-state index in [1.807, 2.05) is 31.2 Å². The fraction of sp³-hybridized carbons (Fsp3) is 0.350. The third-order valence-corrected chi connectivity index (χ3v) is 6.06. The van der Waals surface area contributed by atoms with Crippen molar-refractivity contribution in [3.05, 3.63) is 61.8 Å². The molecule has 3 rings (SSSR count). The second-order valence-corrected chi connectivity index (χ2v) is 7.40. The first-order chi connectivity index (χ1) is 13.8. The van der Waals surface area contributed by atoms with Crippen LogP contribution in [0, 0.1) is 55.4 Å². The molecule has 2 N–H and O–H groups in total. The molecular formula is C20H17ClN6O2. The molecule has 0 spiro atoms. The van der Waals surface area contributed by atoms with Crippen molar-refractivity contribution in [2.24, 2.45) is 17.1 Å². The van der Waals surface area contributed by atoms with Crippen molar-refractivity contribution < 1.29 is 4.92 Å². The number of non-ortho nitro benzene ring substituents is 1. The van der Waals surface area contributed by atoms with Crippen molar-refractivity contribution in [1.82, 2.24) is 4.90 Å². The summed E-state index contributed by atoms with van der Waals surface area (Å²) in [6, 6.07) is 10.0. The van der Waals surface area contributed by atoms with Crippen molar-refractivity contribution in [3.63, 3.8) is 0 Å². The minimum Gasteiger partial charge on any atom is -0.399 e. The van der Waals surface area contributed by atoms with Crippen LogP contribution in [0.4, 0.5) is 5.69 Å². The number of hydrogen-bond donors (Lipinski definition) is 1. The lowest BCUT2D eigenvalue weighted by atomic mass is 9.58. The van der Waals surface area contributed by atoms with Crippen molar-refractivity contribution in [2.45, 2.75) is 12.8 Å². The van der Waals surface area contributed by atoms with Gasteiger partial charge in [-0.3, -0.25) is 15.0 Å². The number of fused-ring (bicyclic) bond motifs is 1. The number of likely N-dealkylation sites (N-methyl/N-ethyl adjacent to an activating group) is 1. The molecule has 8 nitrogen and oxygen atoms in total. The summed E-state index contributed by atoms with van der Waals surface area (Å²) in [6.07, 6.45) is 1.88. The number of nitrogens with two attached hydrogens (primary N) is 1. The van der Waals surface area contributed by atoms with E-state index < -0.39 is 22.2 Å². The number of nitrogens with zero attached hydrogens (tertiary/aromatic N) is 5. The standard InChI is InChI=1S/C20H17ClN6O2/c1-2-26-6-5-13-15(8-22)19(25)20(10-23,11-24)18(16(13)9-26)14-7-12(27(28)29)3-4-17(14)21/h3-5,7,16,18H,2,6,9,25H2,1H3. The van der Waals surface area contributed by atoms with Gasteiger partial charge in [0.15, 0.2) is 5.41 Å². The van der Waals surface area contributed by atoms with Crippen molar-refractivity contribution >= 4 is 17.3 Å². The number of allylic oxidation sites excluding steroid dienone is 2. The highest BCUT2D eigenvalue weighted by atomic mass is 35.5. The largest absolute Gasteiger partial charge is 0.399 e. The molecule has 0 bridgehead atoms. The van der Waals surface area contributed by atoms with Crippen molar-refractivity contribution in [3.8, 4) is 18.2 Å². The first kappa shape index (κ1) is 20.4. The second kappa shape index (κ2) is 7.56. The molecule has 0 amide bonds. The van der Waals surface area contributed by atoms with Crippen LogP contribution in [-0.4, -0.2) is 29.5 Å². The lowest BCUT2D eigenvalue weighted by molar-refractivity contribution is -0.384. The van der Waals surface area contributed by atoms with Gasteiger partial charge in [-0.25, -0.2) is 0 Å². The Bertz CT molecular complexity index is 1060. The predicted molar refractivity (Wildman–Crippen MR) is 105 cm³/mol. The number of rotatable bonds is 3. The van der Waals surface area contributed by atoms with Gasteiger partial charge in [-0.2, -0.15) is 15.8 Å². The third-order valence-electron chi connectivity index (χ3n) is 5.71. The van der Waals surface area contributed by atoms with Gasteiger partial charge in [0, 0.05) is 42.1 Å². The van der Waals surface area contributed by atoms with Gasteiger partial charge in [0.1, 0.15) is 6.07 Å². The first-order valence-electron chi connectivity index (χ1n) is 8.94. The highest BCUT2D eigenvalue weighted by Gasteiger charge is 2.55. The minimum atomic E-state index is -1.87. The molecule has 2 atom stereocenters. The fourth-order valence-electron chi connectivity index (χ4n) is 4.22. The molecule has 1 aliphatic carbocycles. The lowest BCUT2D eigenvalue weighted by Crippen LogP contribution is -2.48. The molecule has 0 fully saturated rings. The molecule has 1 heterocycles. The van der Waals surface area contributed by atoms with E-state index in [0.29, 0.717) is 24.2 Å². The zero-order chi connectivity index (χ0) is 21.3. The first-order valence-corrected chi connectivity index (χ1v) is 9.31. The quantitative estimate of drug-likeness (QED) is 0.597. The van der Waals surface area contributed by atoms with E-state index >= 15 is 0 Å². The lowest BCUT2D eigenvalue weighted by Gasteiger charge is -2.45. The average molecular weight is 409 g/mol. The van der Waals surface area contributed by atoms with E-state index in [-0.39, 0.29) is 22.0 Å². The van der Waals surface area contributed by atoms with Crippen LogP contribution >= 0.6 is 11.6 Å². The van der Waals surface area contributed by atoms with Crippen molar-refractivity contribution in [2.75, 3.05) is 19.6 Å². The highest BCUT2D eigenvalue weighted by Crippen LogP contribution is 2.55. The molecule has 0 radical (unpaired) electrons. The van der Waals surface area contributed by atoms with Crippen molar-refractivity contribution in [1.29, 1.82) is 15.8 Å². The van der Waals surface area contributed by atoms with Crippen LogP contribution in [0.2, 0.25) is 5.02 Å². The van der Waals surface area contributed by atoms with E-state index in [1.54, 1.807) is 0 Å². The van der Waals surface area contributed by atoms with Gasteiger partial charge in [-0.15, -0.1) is 0 Å². The molecule has 146 valence electrons. The molecule has 2 unspecified atom stereocenters. The Kier molecular flexibility index (Phi) is 5.31. The summed E-state index contributed by atoms with van der Waals surface area (Å²) >= 11 is 6.40. The molecule has 2 aliphatic rings. The van der Waals surface area contributed by atoms with E-state index in [2.05, 4.69) is 4.90 Å². The fourth-order valence-corrected chi connectivity index (χ4v) is 4.46. The maximum Gasteiger partial charge on any atom is 0.269 e. The van der Waals surface area contributed by atoms with Gasteiger partial charge < -0.3 is 5.73 Å². The Balaban J connectivity index is 2.37. The summed E-state index contributed by atoms with van der Waals surface area (Å²) in [5.41, 5.74) is 5.11. The van der Waals surface area contributed by atoms with Crippen LogP contribution in [0.15, 0.2) is 41.1 Å². The van der Waals surface area contributed by atoms with Crippen LogP contribution in [0.25, 0.3) is 0 Å². The van der Waals surface area contributed by atoms with Crippen LogP contribution < -0.4 is 5.73 Å². The molecule has 1 aromatic carbocycles. The molecule has 0 saturated carbocycles. The maximum absolute atomic E-state index is 11.3. The number of nitriles is 3. The normalized spacial score (nSPS) is 23.2. The van der Waals surface area contributed by atoms with Gasteiger partial charge in [0.2, 0.25) is 0 Å². The van der Waals surface area contributed by atoms with Gasteiger partial charge in [-0.1, -0.05) is 24.6 Å². The number of hydrogen-bond acceptors (Lipinski definition) is 7. The van der Waals surface area contributed by atoms with Crippen LogP contribution in [0.1, 0.15) is 18.4 Å². The predicted octanol–water partition coefficient (Wildman–Crippen LogP) is 2.99. The molecule has 1 aromatic rings. The zero-order valence-electron chi connectivity index (χ0n) is 15.6. The molecule has 9 heteroatoms. The summed E-state index contributed by atoms with van der Waals surface area (Å²) in [7, 11) is 0. The van der Waals surface area contributed by atoms with Crippen LogP contribution in [0.3, 0.4) is 0 Å². The molecule has 1 aliphatic heterocycles. The SMILES string of the molecule is CCN1CC=C2C(C#N)=C(N)C(C#N)(C#N)C(c3cc([N+](=O)[O-])ccc3Cl)C2C1. The van der Waals surface area contributed by atoms with E-state index in [9.17, 15) is 25.9 Å². The Morgan fingerprint density at radius 1 is 1.38 bits per heavy atom. The summed E-state index contributed by atoms with van der Waals surface area (Å²) in [5.74, 6) is -1.30. The number of benzene rings is 1. The molecular weight excluding hydrogens is 392 g/mol. The minimum absolute atomic E-state index is 0.131. The monoisotopic (exact) mass is 408 g/mol. The maximum atomic E-state index is 11.3. The number of nitro groups is 1. The summed E-state index contributed by atoms with van der Waals surface area (Å²) in [5, 5.41) is 41.3. The highest BCUT2D eigenvalue weighted by molar-refractivity contribution is 6.31. The second-order valence-electron chi connectivity index (χ2n) is 6.99. The Morgan fingerprint density at radius 3 is 2.62 bits per heavy atom. The van der Waals surface area contributed by atoms with Gasteiger partial charge in [0.25, 0.3) is 5.69 Å². The average Bonchev–Trinajstić information content (AvgIpc) is 2.73. The molecule has 0 aromatic heterocycles. The Hall–Kier alpha value is -3.38. The zero-order valence-corrected chi connectivity index (χ0v) is 16.3. The number of nitro benzene ring substituents is 1. The Morgan fingerprint density at radius 2 is 2.07 bits per heavy atom. The van der Waals surface area contributed by atoms with Crippen LogP contribution in [-0.2, 0) is 0 Å². The smallest absolute Gasteiger partial charge is 0.269 e. The topological polar surface area (TPSA) is 144 Å². The third kappa shape index (κ3) is 3.02.